The van der Waals surface area contributed by atoms with E-state index in [2.05, 4.69) is 5.32 Å². The number of amides is 2. The van der Waals surface area contributed by atoms with Crippen molar-refractivity contribution < 1.29 is 27.2 Å². The van der Waals surface area contributed by atoms with Crippen molar-refractivity contribution in [3.05, 3.63) is 29.6 Å². The fourth-order valence-electron chi connectivity index (χ4n) is 3.35. The minimum Gasteiger partial charge on any atom is -0.345 e. The van der Waals surface area contributed by atoms with Gasteiger partial charge in [0.25, 0.3) is 0 Å². The fourth-order valence-corrected chi connectivity index (χ4v) is 3.35. The minimum absolute atomic E-state index is 0.173. The molecule has 2 amide bonds. The van der Waals surface area contributed by atoms with Crippen LogP contribution >= 0.6 is 0 Å². The van der Waals surface area contributed by atoms with Crippen molar-refractivity contribution in [1.29, 1.82) is 0 Å². The summed E-state index contributed by atoms with van der Waals surface area (Å²) in [5, 5.41) is 4.57. The van der Waals surface area contributed by atoms with Crippen LogP contribution in [0.5, 0.6) is 0 Å². The second kappa shape index (κ2) is 8.05. The Kier molecular flexibility index (Phi) is 6.26. The Morgan fingerprint density at radius 2 is 1.77 bits per heavy atom. The average molecular weight is 374 g/mol. The quantitative estimate of drug-likeness (QED) is 0.618. The van der Waals surface area contributed by atoms with Crippen molar-refractivity contribution in [2.45, 2.75) is 51.7 Å². The van der Waals surface area contributed by atoms with Gasteiger partial charge >= 0.3 is 18.0 Å². The first-order valence-corrected chi connectivity index (χ1v) is 8.58. The highest BCUT2D eigenvalue weighted by Gasteiger charge is 2.32. The monoisotopic (exact) mass is 374 g/mol. The SMILES string of the molecule is CC(C)C1CCCCC1NC(=O)C(=O)Nc1cc(C(F)(F)F)ccc1F. The Labute approximate surface area is 149 Å². The van der Waals surface area contributed by atoms with Gasteiger partial charge in [-0.15, -0.1) is 0 Å². The lowest BCUT2D eigenvalue weighted by Crippen LogP contribution is -2.47. The van der Waals surface area contributed by atoms with E-state index < -0.39 is 35.1 Å². The molecule has 144 valence electrons. The predicted molar refractivity (Wildman–Crippen MR) is 88.8 cm³/mol. The summed E-state index contributed by atoms with van der Waals surface area (Å²) >= 11 is 0. The number of alkyl halides is 3. The Balaban J connectivity index is 2.06. The molecule has 1 fully saturated rings. The molecule has 2 rings (SSSR count). The molecule has 1 aliphatic rings. The number of carbonyl (C=O) groups excluding carboxylic acids is 2. The van der Waals surface area contributed by atoms with Gasteiger partial charge in [-0.2, -0.15) is 13.2 Å². The lowest BCUT2D eigenvalue weighted by molar-refractivity contribution is -0.137. The highest BCUT2D eigenvalue weighted by Crippen LogP contribution is 2.32. The molecule has 0 heterocycles. The molecule has 0 aromatic heterocycles. The molecule has 0 aliphatic heterocycles. The summed E-state index contributed by atoms with van der Waals surface area (Å²) in [5.41, 5.74) is -1.79. The van der Waals surface area contributed by atoms with E-state index in [1.165, 1.54) is 0 Å². The maximum absolute atomic E-state index is 13.7. The Bertz CT molecular complexity index is 674. The van der Waals surface area contributed by atoms with E-state index in [9.17, 15) is 27.2 Å². The summed E-state index contributed by atoms with van der Waals surface area (Å²) in [6.07, 6.45) is -1.02. The van der Waals surface area contributed by atoms with E-state index in [0.717, 1.165) is 25.7 Å². The Morgan fingerprint density at radius 3 is 2.38 bits per heavy atom. The third kappa shape index (κ3) is 4.95. The number of nitrogens with one attached hydrogen (secondary N) is 2. The van der Waals surface area contributed by atoms with Crippen LogP contribution in [0.15, 0.2) is 18.2 Å². The molecule has 2 atom stereocenters. The number of hydrogen-bond donors (Lipinski definition) is 2. The highest BCUT2D eigenvalue weighted by molar-refractivity contribution is 6.39. The van der Waals surface area contributed by atoms with Gasteiger partial charge in [0.05, 0.1) is 11.3 Å². The standard InChI is InChI=1S/C18H22F4N2O2/c1-10(2)12-5-3-4-6-14(12)23-16(25)17(26)24-15-9-11(18(20,21)22)7-8-13(15)19/h7-10,12,14H,3-6H2,1-2H3,(H,23,25)(H,24,26). The Morgan fingerprint density at radius 1 is 1.12 bits per heavy atom. The van der Waals surface area contributed by atoms with Gasteiger partial charge in [0, 0.05) is 6.04 Å². The number of anilines is 1. The molecule has 1 saturated carbocycles. The maximum atomic E-state index is 13.7. The molecular formula is C18H22F4N2O2. The van der Waals surface area contributed by atoms with E-state index in [4.69, 9.17) is 0 Å². The van der Waals surface area contributed by atoms with Gasteiger partial charge < -0.3 is 10.6 Å². The lowest BCUT2D eigenvalue weighted by Gasteiger charge is -2.34. The first-order valence-electron chi connectivity index (χ1n) is 8.58. The molecule has 0 spiro atoms. The van der Waals surface area contributed by atoms with Crippen molar-refractivity contribution in [3.63, 3.8) is 0 Å². The van der Waals surface area contributed by atoms with Crippen molar-refractivity contribution in [2.24, 2.45) is 11.8 Å². The fraction of sp³-hybridized carbons (Fsp3) is 0.556. The van der Waals surface area contributed by atoms with Crippen LogP contribution in [0.25, 0.3) is 0 Å². The molecule has 0 bridgehead atoms. The van der Waals surface area contributed by atoms with E-state index in [1.54, 1.807) is 0 Å². The van der Waals surface area contributed by atoms with Crippen molar-refractivity contribution in [1.82, 2.24) is 5.32 Å². The van der Waals surface area contributed by atoms with Crippen LogP contribution in [0.1, 0.15) is 45.1 Å². The molecule has 1 aromatic rings. The predicted octanol–water partition coefficient (Wildman–Crippen LogP) is 4.11. The van der Waals surface area contributed by atoms with Crippen LogP contribution in [0.2, 0.25) is 0 Å². The molecular weight excluding hydrogens is 352 g/mol. The average Bonchev–Trinajstić information content (AvgIpc) is 2.56. The zero-order valence-electron chi connectivity index (χ0n) is 14.6. The summed E-state index contributed by atoms with van der Waals surface area (Å²) in [7, 11) is 0. The van der Waals surface area contributed by atoms with Gasteiger partial charge in [-0.3, -0.25) is 9.59 Å². The zero-order chi connectivity index (χ0) is 19.5. The summed E-state index contributed by atoms with van der Waals surface area (Å²) in [6.45, 7) is 4.07. The van der Waals surface area contributed by atoms with Crippen molar-refractivity contribution in [2.75, 3.05) is 5.32 Å². The number of benzene rings is 1. The van der Waals surface area contributed by atoms with Crippen LogP contribution in [-0.2, 0) is 15.8 Å². The molecule has 2 unspecified atom stereocenters. The summed E-state index contributed by atoms with van der Waals surface area (Å²) in [5.74, 6) is -2.65. The van der Waals surface area contributed by atoms with Gasteiger partial charge in [-0.05, 0) is 42.9 Å². The van der Waals surface area contributed by atoms with Crippen LogP contribution < -0.4 is 10.6 Å². The van der Waals surface area contributed by atoms with Gasteiger partial charge in [0.1, 0.15) is 5.82 Å². The number of rotatable bonds is 3. The molecule has 1 aromatic carbocycles. The summed E-state index contributed by atoms with van der Waals surface area (Å²) in [6, 6.07) is 1.47. The van der Waals surface area contributed by atoms with Crippen LogP contribution in [0, 0.1) is 17.7 Å². The van der Waals surface area contributed by atoms with Crippen LogP contribution in [-0.4, -0.2) is 17.9 Å². The second-order valence-corrected chi connectivity index (χ2v) is 6.92. The van der Waals surface area contributed by atoms with E-state index in [0.29, 0.717) is 24.1 Å². The van der Waals surface area contributed by atoms with Gasteiger partial charge in [0.2, 0.25) is 0 Å². The maximum Gasteiger partial charge on any atom is 0.416 e. The third-order valence-electron chi connectivity index (χ3n) is 4.74. The minimum atomic E-state index is -4.68. The smallest absolute Gasteiger partial charge is 0.345 e. The molecule has 0 radical (unpaired) electrons. The highest BCUT2D eigenvalue weighted by atomic mass is 19.4. The molecule has 26 heavy (non-hydrogen) atoms. The van der Waals surface area contributed by atoms with E-state index in [-0.39, 0.29) is 12.0 Å². The molecule has 1 aliphatic carbocycles. The largest absolute Gasteiger partial charge is 0.416 e. The molecule has 2 N–H and O–H groups in total. The van der Waals surface area contributed by atoms with Gasteiger partial charge in [-0.25, -0.2) is 4.39 Å². The number of carbonyl (C=O) groups is 2. The molecule has 0 saturated heterocycles. The Hall–Kier alpha value is -2.12. The first kappa shape index (κ1) is 20.2. The number of halogens is 4. The van der Waals surface area contributed by atoms with Gasteiger partial charge in [0.15, 0.2) is 0 Å². The second-order valence-electron chi connectivity index (χ2n) is 6.92. The van der Waals surface area contributed by atoms with Crippen molar-refractivity contribution >= 4 is 17.5 Å². The number of hydrogen-bond acceptors (Lipinski definition) is 2. The van der Waals surface area contributed by atoms with Gasteiger partial charge in [-0.1, -0.05) is 26.7 Å². The van der Waals surface area contributed by atoms with Crippen LogP contribution in [0.4, 0.5) is 23.2 Å². The lowest BCUT2D eigenvalue weighted by atomic mass is 9.78. The topological polar surface area (TPSA) is 58.2 Å². The van der Waals surface area contributed by atoms with E-state index in [1.807, 2.05) is 19.2 Å². The third-order valence-corrected chi connectivity index (χ3v) is 4.74. The normalized spacial score (nSPS) is 20.7. The first-order chi connectivity index (χ1) is 12.1. The van der Waals surface area contributed by atoms with Crippen molar-refractivity contribution in [3.8, 4) is 0 Å². The summed E-state index contributed by atoms with van der Waals surface area (Å²) < 4.78 is 51.8. The van der Waals surface area contributed by atoms with E-state index >= 15 is 0 Å². The summed E-state index contributed by atoms with van der Waals surface area (Å²) in [4.78, 5) is 24.1. The van der Waals surface area contributed by atoms with Crippen LogP contribution in [0.3, 0.4) is 0 Å². The zero-order valence-corrected chi connectivity index (χ0v) is 14.6. The molecule has 4 nitrogen and oxygen atoms in total. The molecule has 8 heteroatoms.